The van der Waals surface area contributed by atoms with E-state index in [1.54, 1.807) is 0 Å². The van der Waals surface area contributed by atoms with E-state index in [2.05, 4.69) is 0 Å². The molecule has 1 aliphatic heterocycles. The van der Waals surface area contributed by atoms with Gasteiger partial charge in [0.25, 0.3) is 5.91 Å². The van der Waals surface area contributed by atoms with Crippen molar-refractivity contribution in [3.05, 3.63) is 70.7 Å². The summed E-state index contributed by atoms with van der Waals surface area (Å²) in [4.78, 5) is 14.3. The van der Waals surface area contributed by atoms with Crippen molar-refractivity contribution in [3.8, 4) is 0 Å². The maximum Gasteiger partial charge on any atom is 0.254 e. The number of benzene rings is 2. The lowest BCUT2D eigenvalue weighted by Crippen LogP contribution is -2.42. The topological polar surface area (TPSA) is 29.5 Å². The molecule has 0 bridgehead atoms. The summed E-state index contributed by atoms with van der Waals surface area (Å²) in [6.45, 7) is 1.65. The lowest BCUT2D eigenvalue weighted by Gasteiger charge is -2.33. The Kier molecular flexibility index (Phi) is 4.23. The fourth-order valence-electron chi connectivity index (χ4n) is 2.52. The first-order chi connectivity index (χ1) is 10.3. The minimum absolute atomic E-state index is 0.0379. The molecule has 0 radical (unpaired) electrons. The maximum absolute atomic E-state index is 12.5. The number of nitrogens with zero attached hydrogens (tertiary/aromatic N) is 1. The highest BCUT2D eigenvalue weighted by molar-refractivity contribution is 6.31. The van der Waals surface area contributed by atoms with Gasteiger partial charge in [0.1, 0.15) is 6.10 Å². The molecule has 21 heavy (non-hydrogen) atoms. The summed E-state index contributed by atoms with van der Waals surface area (Å²) in [5.74, 6) is 0.0379. The molecule has 0 aliphatic carbocycles. The van der Waals surface area contributed by atoms with Gasteiger partial charge in [0, 0.05) is 22.7 Å². The van der Waals surface area contributed by atoms with E-state index < -0.39 is 0 Å². The molecule has 0 saturated carbocycles. The van der Waals surface area contributed by atoms with Gasteiger partial charge in [-0.3, -0.25) is 4.79 Å². The highest BCUT2D eigenvalue weighted by Crippen LogP contribution is 2.28. The molecule has 1 atom stereocenters. The molecule has 2 aromatic carbocycles. The molecule has 0 spiro atoms. The van der Waals surface area contributed by atoms with Gasteiger partial charge in [-0.15, -0.1) is 0 Å². The van der Waals surface area contributed by atoms with Crippen LogP contribution in [0.15, 0.2) is 54.6 Å². The molecule has 1 heterocycles. The van der Waals surface area contributed by atoms with Crippen LogP contribution in [0, 0.1) is 0 Å². The molecule has 1 aliphatic rings. The average Bonchev–Trinajstić information content (AvgIpc) is 2.55. The Bertz CT molecular complexity index is 630. The quantitative estimate of drug-likeness (QED) is 0.849. The van der Waals surface area contributed by atoms with Crippen LogP contribution in [0.1, 0.15) is 22.0 Å². The molecule has 1 unspecified atom stereocenters. The minimum atomic E-state index is -0.167. The summed E-state index contributed by atoms with van der Waals surface area (Å²) in [7, 11) is 0. The third-order valence-corrected chi connectivity index (χ3v) is 3.97. The molecule has 1 saturated heterocycles. The van der Waals surface area contributed by atoms with Crippen LogP contribution in [-0.4, -0.2) is 30.5 Å². The Morgan fingerprint density at radius 2 is 1.81 bits per heavy atom. The number of carbonyl (C=O) groups is 1. The van der Waals surface area contributed by atoms with E-state index in [0.29, 0.717) is 30.3 Å². The van der Waals surface area contributed by atoms with Crippen molar-refractivity contribution >= 4 is 17.5 Å². The lowest BCUT2D eigenvalue weighted by molar-refractivity contribution is -0.0227. The maximum atomic E-state index is 12.5. The first kappa shape index (κ1) is 14.1. The van der Waals surface area contributed by atoms with Crippen molar-refractivity contribution in [1.29, 1.82) is 0 Å². The second-order valence-electron chi connectivity index (χ2n) is 5.00. The van der Waals surface area contributed by atoms with Crippen molar-refractivity contribution in [3.63, 3.8) is 0 Å². The van der Waals surface area contributed by atoms with Crippen molar-refractivity contribution in [2.75, 3.05) is 19.7 Å². The number of carbonyl (C=O) groups excluding carboxylic acids is 1. The standard InChI is InChI=1S/C17H16ClNO2/c18-15-9-5-4-8-14(15)16-12-19(10-11-21-16)17(20)13-6-2-1-3-7-13/h1-9,16H,10-12H2. The third-order valence-electron chi connectivity index (χ3n) is 3.63. The summed E-state index contributed by atoms with van der Waals surface area (Å²) in [6.07, 6.45) is -0.167. The van der Waals surface area contributed by atoms with E-state index in [1.807, 2.05) is 59.5 Å². The van der Waals surface area contributed by atoms with Gasteiger partial charge in [0.15, 0.2) is 0 Å². The summed E-state index contributed by atoms with van der Waals surface area (Å²) in [5.41, 5.74) is 1.64. The predicted octanol–water partition coefficient (Wildman–Crippen LogP) is 3.55. The normalized spacial score (nSPS) is 18.5. The number of halogens is 1. The molecule has 4 heteroatoms. The second kappa shape index (κ2) is 6.29. The highest BCUT2D eigenvalue weighted by Gasteiger charge is 2.27. The Balaban J connectivity index is 1.77. The van der Waals surface area contributed by atoms with Crippen LogP contribution in [0.5, 0.6) is 0 Å². The van der Waals surface area contributed by atoms with Gasteiger partial charge in [-0.1, -0.05) is 48.0 Å². The Hall–Kier alpha value is -1.84. The first-order valence-corrected chi connectivity index (χ1v) is 7.34. The predicted molar refractivity (Wildman–Crippen MR) is 82.5 cm³/mol. The van der Waals surface area contributed by atoms with Gasteiger partial charge in [-0.2, -0.15) is 0 Å². The summed E-state index contributed by atoms with van der Waals surface area (Å²) < 4.78 is 5.78. The molecule has 3 nitrogen and oxygen atoms in total. The lowest BCUT2D eigenvalue weighted by atomic mass is 10.1. The van der Waals surface area contributed by atoms with Crippen molar-refractivity contribution in [2.24, 2.45) is 0 Å². The van der Waals surface area contributed by atoms with Crippen LogP contribution >= 0.6 is 11.6 Å². The molecule has 108 valence electrons. The van der Waals surface area contributed by atoms with E-state index in [-0.39, 0.29) is 12.0 Å². The largest absolute Gasteiger partial charge is 0.370 e. The Labute approximate surface area is 129 Å². The molecule has 2 aromatic rings. The summed E-state index contributed by atoms with van der Waals surface area (Å²) in [6, 6.07) is 16.9. The summed E-state index contributed by atoms with van der Waals surface area (Å²) in [5, 5.41) is 0.677. The molecule has 0 aromatic heterocycles. The SMILES string of the molecule is O=C(c1ccccc1)N1CCOC(c2ccccc2Cl)C1. The van der Waals surface area contributed by atoms with Crippen LogP contribution in [0.4, 0.5) is 0 Å². The zero-order valence-corrected chi connectivity index (χ0v) is 12.3. The number of rotatable bonds is 2. The number of morpholine rings is 1. The van der Waals surface area contributed by atoms with Crippen LogP contribution in [-0.2, 0) is 4.74 Å². The van der Waals surface area contributed by atoms with Gasteiger partial charge in [-0.05, 0) is 18.2 Å². The Morgan fingerprint density at radius 3 is 2.57 bits per heavy atom. The monoisotopic (exact) mass is 301 g/mol. The molecule has 1 fully saturated rings. The third kappa shape index (κ3) is 3.09. The molecular formula is C17H16ClNO2. The van der Waals surface area contributed by atoms with E-state index in [1.165, 1.54) is 0 Å². The first-order valence-electron chi connectivity index (χ1n) is 6.96. The van der Waals surface area contributed by atoms with Crippen molar-refractivity contribution < 1.29 is 9.53 Å². The highest BCUT2D eigenvalue weighted by atomic mass is 35.5. The number of amides is 1. The number of hydrogen-bond donors (Lipinski definition) is 0. The van der Waals surface area contributed by atoms with E-state index >= 15 is 0 Å². The fraction of sp³-hybridized carbons (Fsp3) is 0.235. The van der Waals surface area contributed by atoms with Gasteiger partial charge in [0.2, 0.25) is 0 Å². The van der Waals surface area contributed by atoms with E-state index in [0.717, 1.165) is 5.56 Å². The van der Waals surface area contributed by atoms with E-state index in [9.17, 15) is 4.79 Å². The van der Waals surface area contributed by atoms with Gasteiger partial charge >= 0.3 is 0 Å². The molecule has 3 rings (SSSR count). The second-order valence-corrected chi connectivity index (χ2v) is 5.41. The summed E-state index contributed by atoms with van der Waals surface area (Å²) >= 11 is 6.22. The van der Waals surface area contributed by atoms with Crippen molar-refractivity contribution in [2.45, 2.75) is 6.10 Å². The number of hydrogen-bond acceptors (Lipinski definition) is 2. The molecule has 1 amide bonds. The zero-order valence-electron chi connectivity index (χ0n) is 11.5. The van der Waals surface area contributed by atoms with Crippen LogP contribution in [0.2, 0.25) is 5.02 Å². The van der Waals surface area contributed by atoms with Gasteiger partial charge < -0.3 is 9.64 Å². The smallest absolute Gasteiger partial charge is 0.254 e. The van der Waals surface area contributed by atoms with E-state index in [4.69, 9.17) is 16.3 Å². The fourth-order valence-corrected chi connectivity index (χ4v) is 2.78. The van der Waals surface area contributed by atoms with Crippen LogP contribution in [0.25, 0.3) is 0 Å². The molecular weight excluding hydrogens is 286 g/mol. The van der Waals surface area contributed by atoms with Crippen molar-refractivity contribution in [1.82, 2.24) is 4.90 Å². The van der Waals surface area contributed by atoms with Gasteiger partial charge in [-0.25, -0.2) is 0 Å². The molecule has 0 N–H and O–H groups in total. The number of ether oxygens (including phenoxy) is 1. The minimum Gasteiger partial charge on any atom is -0.370 e. The Morgan fingerprint density at radius 1 is 1.10 bits per heavy atom. The van der Waals surface area contributed by atoms with Crippen LogP contribution < -0.4 is 0 Å². The zero-order chi connectivity index (χ0) is 14.7. The van der Waals surface area contributed by atoms with Crippen LogP contribution in [0.3, 0.4) is 0 Å². The van der Waals surface area contributed by atoms with Gasteiger partial charge in [0.05, 0.1) is 13.2 Å². The average molecular weight is 302 g/mol.